The molecule has 0 saturated heterocycles. The van der Waals surface area contributed by atoms with Crippen LogP contribution in [0.4, 0.5) is 17.1 Å². The standard InChI is InChI=1S/C45H30N2S/c1-4-12-31(13-5-1)33-20-24-37(25-21-33)47(38-29-43-44(46-30-38)40-26-22-35-18-10-11-19-39(35)45(40)48-43)42-27-23-36(32-14-6-2-7-15-32)28-41(42)34-16-8-3-9-17-34/h1-30H. The van der Waals surface area contributed by atoms with Crippen molar-refractivity contribution in [2.24, 2.45) is 0 Å². The number of nitrogens with zero attached hydrogens (tertiary/aromatic N) is 2. The highest BCUT2D eigenvalue weighted by molar-refractivity contribution is 7.26. The van der Waals surface area contributed by atoms with Gasteiger partial charge in [-0.3, -0.25) is 4.98 Å². The van der Waals surface area contributed by atoms with E-state index in [1.807, 2.05) is 17.5 Å². The number of aromatic nitrogens is 1. The van der Waals surface area contributed by atoms with Crippen LogP contribution in [0.25, 0.3) is 64.5 Å². The molecule has 3 heteroatoms. The van der Waals surface area contributed by atoms with E-state index in [4.69, 9.17) is 4.98 Å². The van der Waals surface area contributed by atoms with Crippen molar-refractivity contribution in [3.63, 3.8) is 0 Å². The van der Waals surface area contributed by atoms with Gasteiger partial charge in [0.1, 0.15) is 0 Å². The number of rotatable bonds is 6. The lowest BCUT2D eigenvalue weighted by Crippen LogP contribution is -2.11. The molecule has 0 amide bonds. The summed E-state index contributed by atoms with van der Waals surface area (Å²) in [6.07, 6.45) is 2.04. The van der Waals surface area contributed by atoms with Crippen molar-refractivity contribution in [1.82, 2.24) is 4.98 Å². The normalized spacial score (nSPS) is 11.3. The molecule has 0 aliphatic rings. The fourth-order valence-corrected chi connectivity index (χ4v) is 7.97. The van der Waals surface area contributed by atoms with E-state index in [2.05, 4.69) is 181 Å². The Kier molecular flexibility index (Phi) is 7.03. The average molecular weight is 631 g/mol. The maximum Gasteiger partial charge on any atom is 0.0890 e. The minimum Gasteiger partial charge on any atom is -0.308 e. The van der Waals surface area contributed by atoms with E-state index in [1.165, 1.54) is 53.4 Å². The van der Waals surface area contributed by atoms with Crippen molar-refractivity contribution in [2.45, 2.75) is 0 Å². The van der Waals surface area contributed by atoms with Gasteiger partial charge in [-0.15, -0.1) is 11.3 Å². The number of hydrogen-bond acceptors (Lipinski definition) is 3. The van der Waals surface area contributed by atoms with E-state index >= 15 is 0 Å². The second-order valence-corrected chi connectivity index (χ2v) is 13.1. The van der Waals surface area contributed by atoms with Gasteiger partial charge in [-0.25, -0.2) is 0 Å². The summed E-state index contributed by atoms with van der Waals surface area (Å²) in [4.78, 5) is 7.51. The lowest BCUT2D eigenvalue weighted by molar-refractivity contribution is 1.26. The third-order valence-electron chi connectivity index (χ3n) is 9.11. The molecular formula is C45H30N2S. The molecule has 9 rings (SSSR count). The van der Waals surface area contributed by atoms with Crippen LogP contribution in [0.3, 0.4) is 0 Å². The molecule has 2 aromatic heterocycles. The Bertz CT molecular complexity index is 2540. The first-order chi connectivity index (χ1) is 23.8. The van der Waals surface area contributed by atoms with E-state index in [-0.39, 0.29) is 0 Å². The lowest BCUT2D eigenvalue weighted by atomic mass is 9.96. The molecule has 0 fully saturated rings. The topological polar surface area (TPSA) is 16.1 Å². The Hall–Kier alpha value is -6.03. The van der Waals surface area contributed by atoms with Crippen molar-refractivity contribution in [3.8, 4) is 33.4 Å². The van der Waals surface area contributed by atoms with Crippen LogP contribution in [0.5, 0.6) is 0 Å². The van der Waals surface area contributed by atoms with Gasteiger partial charge in [0.25, 0.3) is 0 Å². The SMILES string of the molecule is c1ccc(-c2ccc(N(c3cnc4c(c3)sc3c5ccccc5ccc43)c3ccc(-c4ccccc4)cc3-c3ccccc3)cc2)cc1. The van der Waals surface area contributed by atoms with E-state index in [9.17, 15) is 0 Å². The van der Waals surface area contributed by atoms with Crippen LogP contribution in [-0.2, 0) is 0 Å². The van der Waals surface area contributed by atoms with Gasteiger partial charge in [-0.2, -0.15) is 0 Å². The van der Waals surface area contributed by atoms with Crippen LogP contribution in [0.1, 0.15) is 0 Å². The number of hydrogen-bond donors (Lipinski definition) is 0. The number of thiophene rings is 1. The summed E-state index contributed by atoms with van der Waals surface area (Å²) in [5.74, 6) is 0. The van der Waals surface area contributed by atoms with Gasteiger partial charge in [0.15, 0.2) is 0 Å². The fraction of sp³-hybridized carbons (Fsp3) is 0. The molecule has 0 saturated carbocycles. The highest BCUT2D eigenvalue weighted by Crippen LogP contribution is 2.45. The molecule has 0 bridgehead atoms. The molecule has 0 spiro atoms. The molecule has 0 radical (unpaired) electrons. The monoisotopic (exact) mass is 630 g/mol. The highest BCUT2D eigenvalue weighted by Gasteiger charge is 2.20. The second-order valence-electron chi connectivity index (χ2n) is 12.0. The van der Waals surface area contributed by atoms with Crippen molar-refractivity contribution < 1.29 is 0 Å². The molecule has 48 heavy (non-hydrogen) atoms. The van der Waals surface area contributed by atoms with Crippen molar-refractivity contribution >= 4 is 59.5 Å². The van der Waals surface area contributed by atoms with Crippen molar-refractivity contribution in [1.29, 1.82) is 0 Å². The summed E-state index contributed by atoms with van der Waals surface area (Å²) in [7, 11) is 0. The second kappa shape index (κ2) is 12.0. The number of benzene rings is 7. The third-order valence-corrected chi connectivity index (χ3v) is 10.3. The number of fused-ring (bicyclic) bond motifs is 5. The van der Waals surface area contributed by atoms with Gasteiger partial charge in [-0.05, 0) is 68.9 Å². The van der Waals surface area contributed by atoms with Crippen LogP contribution in [0, 0.1) is 0 Å². The summed E-state index contributed by atoms with van der Waals surface area (Å²) in [6, 6.07) is 62.9. The zero-order valence-electron chi connectivity index (χ0n) is 26.1. The molecule has 9 aromatic rings. The number of anilines is 3. The first-order valence-electron chi connectivity index (χ1n) is 16.2. The van der Waals surface area contributed by atoms with Crippen LogP contribution < -0.4 is 4.90 Å². The Morgan fingerprint density at radius 1 is 0.438 bits per heavy atom. The molecular weight excluding hydrogens is 601 g/mol. The first-order valence-corrected chi connectivity index (χ1v) is 17.0. The summed E-state index contributed by atoms with van der Waals surface area (Å²) >= 11 is 1.82. The van der Waals surface area contributed by atoms with E-state index in [0.717, 1.165) is 28.1 Å². The molecule has 0 aliphatic heterocycles. The largest absolute Gasteiger partial charge is 0.308 e. The zero-order valence-corrected chi connectivity index (χ0v) is 26.9. The van der Waals surface area contributed by atoms with Gasteiger partial charge in [0, 0.05) is 21.3 Å². The quantitative estimate of drug-likeness (QED) is 0.182. The predicted molar refractivity (Wildman–Crippen MR) is 206 cm³/mol. The van der Waals surface area contributed by atoms with Crippen molar-refractivity contribution in [2.75, 3.05) is 4.90 Å². The minimum atomic E-state index is 1.02. The molecule has 0 atom stereocenters. The summed E-state index contributed by atoms with van der Waals surface area (Å²) < 4.78 is 2.45. The van der Waals surface area contributed by atoms with Crippen LogP contribution in [0.2, 0.25) is 0 Å². The van der Waals surface area contributed by atoms with Crippen LogP contribution >= 0.6 is 11.3 Å². The van der Waals surface area contributed by atoms with E-state index in [1.54, 1.807) is 0 Å². The summed E-state index contributed by atoms with van der Waals surface area (Å²) in [5, 5.41) is 3.73. The van der Waals surface area contributed by atoms with Crippen LogP contribution in [-0.4, -0.2) is 4.98 Å². The smallest absolute Gasteiger partial charge is 0.0890 e. The third kappa shape index (κ3) is 5.02. The lowest BCUT2D eigenvalue weighted by Gasteiger charge is -2.28. The highest BCUT2D eigenvalue weighted by atomic mass is 32.1. The van der Waals surface area contributed by atoms with Crippen molar-refractivity contribution in [3.05, 3.63) is 182 Å². The first kappa shape index (κ1) is 28.2. The maximum absolute atomic E-state index is 5.15. The Morgan fingerprint density at radius 3 is 1.77 bits per heavy atom. The molecule has 0 N–H and O–H groups in total. The molecule has 2 heterocycles. The Labute approximate surface area is 283 Å². The Morgan fingerprint density at radius 2 is 1.04 bits per heavy atom. The van der Waals surface area contributed by atoms with E-state index in [0.29, 0.717) is 0 Å². The van der Waals surface area contributed by atoms with Gasteiger partial charge in [0.2, 0.25) is 0 Å². The summed E-state index contributed by atoms with van der Waals surface area (Å²) in [5.41, 5.74) is 11.3. The molecule has 7 aromatic carbocycles. The number of pyridine rings is 1. The maximum atomic E-state index is 5.15. The molecule has 226 valence electrons. The molecule has 2 nitrogen and oxygen atoms in total. The van der Waals surface area contributed by atoms with Crippen LogP contribution in [0.15, 0.2) is 182 Å². The fourth-order valence-electron chi connectivity index (χ4n) is 6.74. The Balaban J connectivity index is 1.26. The molecule has 0 aliphatic carbocycles. The average Bonchev–Trinajstić information content (AvgIpc) is 3.55. The van der Waals surface area contributed by atoms with E-state index < -0.39 is 0 Å². The van der Waals surface area contributed by atoms with Gasteiger partial charge in [0.05, 0.1) is 27.8 Å². The molecule has 0 unspecified atom stereocenters. The minimum absolute atomic E-state index is 1.02. The van der Waals surface area contributed by atoms with Gasteiger partial charge >= 0.3 is 0 Å². The van der Waals surface area contributed by atoms with Gasteiger partial charge in [-0.1, -0.05) is 146 Å². The zero-order chi connectivity index (χ0) is 31.9. The summed E-state index contributed by atoms with van der Waals surface area (Å²) in [6.45, 7) is 0. The predicted octanol–water partition coefficient (Wildman–Crippen LogP) is 13.1. The van der Waals surface area contributed by atoms with Gasteiger partial charge < -0.3 is 4.90 Å².